The van der Waals surface area contributed by atoms with Gasteiger partial charge in [-0.3, -0.25) is 14.5 Å². The van der Waals surface area contributed by atoms with Gasteiger partial charge in [0.25, 0.3) is 5.91 Å². The highest BCUT2D eigenvalue weighted by Gasteiger charge is 2.32. The van der Waals surface area contributed by atoms with Crippen molar-refractivity contribution in [1.29, 1.82) is 0 Å². The van der Waals surface area contributed by atoms with E-state index in [-0.39, 0.29) is 16.7 Å². The van der Waals surface area contributed by atoms with Gasteiger partial charge >= 0.3 is 0 Å². The van der Waals surface area contributed by atoms with Gasteiger partial charge in [0.1, 0.15) is 5.82 Å². The first kappa shape index (κ1) is 23.9. The minimum atomic E-state index is -0.721. The average Bonchev–Trinajstić information content (AvgIpc) is 2.78. The predicted molar refractivity (Wildman–Crippen MR) is 130 cm³/mol. The summed E-state index contributed by atoms with van der Waals surface area (Å²) in [6.45, 7) is 1.15. The maximum Gasteiger partial charge on any atom is 0.263 e. The summed E-state index contributed by atoms with van der Waals surface area (Å²) in [7, 11) is 3.13. The predicted octanol–water partition coefficient (Wildman–Crippen LogP) is 4.41. The first-order valence-electron chi connectivity index (χ1n) is 10.3. The Bertz CT molecular complexity index is 1260. The number of benzene rings is 2. The zero-order valence-electron chi connectivity index (χ0n) is 18.4. The fourth-order valence-corrected chi connectivity index (χ4v) is 4.20. The van der Waals surface area contributed by atoms with Crippen LogP contribution in [0.1, 0.15) is 20.7 Å². The molecule has 0 radical (unpaired) electrons. The van der Waals surface area contributed by atoms with E-state index in [0.29, 0.717) is 46.3 Å². The molecule has 176 valence electrons. The van der Waals surface area contributed by atoms with Crippen LogP contribution in [-0.2, 0) is 4.74 Å². The molecule has 1 aliphatic heterocycles. The number of rotatable bonds is 6. The van der Waals surface area contributed by atoms with Gasteiger partial charge in [0.2, 0.25) is 5.91 Å². The van der Waals surface area contributed by atoms with Crippen LogP contribution < -0.4 is 15.5 Å². The number of methoxy groups -OCH3 is 1. The van der Waals surface area contributed by atoms with E-state index in [9.17, 15) is 14.0 Å². The van der Waals surface area contributed by atoms with Gasteiger partial charge in [-0.15, -0.1) is 0 Å². The summed E-state index contributed by atoms with van der Waals surface area (Å²) in [5, 5.41) is 0.417. The molecule has 1 aromatic heterocycles. The Morgan fingerprint density at radius 3 is 2.56 bits per heavy atom. The van der Waals surface area contributed by atoms with E-state index in [2.05, 4.69) is 4.98 Å². The maximum atomic E-state index is 14.4. The molecule has 34 heavy (non-hydrogen) atoms. The number of carbonyl (C=O) groups is 2. The van der Waals surface area contributed by atoms with Crippen LogP contribution in [-0.4, -0.2) is 50.1 Å². The third-order valence-corrected chi connectivity index (χ3v) is 6.37. The SMILES string of the molecule is COC1CN(c2cc(-c3cc(C(N)=O)ccc3Cl)cnc2N(C)C(=O)c2c(F)cccc2Cl)C1. The van der Waals surface area contributed by atoms with Gasteiger partial charge in [0.15, 0.2) is 5.82 Å². The van der Waals surface area contributed by atoms with Crippen molar-refractivity contribution in [3.05, 3.63) is 75.7 Å². The van der Waals surface area contributed by atoms with E-state index < -0.39 is 17.6 Å². The molecule has 2 N–H and O–H groups in total. The molecule has 0 spiro atoms. The van der Waals surface area contributed by atoms with Crippen LogP contribution in [0, 0.1) is 5.82 Å². The fraction of sp³-hybridized carbons (Fsp3) is 0.208. The summed E-state index contributed by atoms with van der Waals surface area (Å²) >= 11 is 12.5. The van der Waals surface area contributed by atoms with Crippen molar-refractivity contribution in [2.75, 3.05) is 37.0 Å². The molecule has 3 aromatic rings. The number of amides is 2. The molecule has 1 saturated heterocycles. The van der Waals surface area contributed by atoms with Crippen LogP contribution >= 0.6 is 23.2 Å². The molecular weight excluding hydrogens is 482 g/mol. The Morgan fingerprint density at radius 1 is 1.18 bits per heavy atom. The van der Waals surface area contributed by atoms with Crippen molar-refractivity contribution in [1.82, 2.24) is 4.98 Å². The number of nitrogens with two attached hydrogens (primary N) is 1. The summed E-state index contributed by atoms with van der Waals surface area (Å²) in [6.07, 6.45) is 1.56. The van der Waals surface area contributed by atoms with Gasteiger partial charge in [-0.25, -0.2) is 9.37 Å². The lowest BCUT2D eigenvalue weighted by molar-refractivity contribution is 0.0788. The average molecular weight is 503 g/mol. The number of carbonyl (C=O) groups excluding carboxylic acids is 2. The Balaban J connectivity index is 1.79. The third kappa shape index (κ3) is 4.44. The van der Waals surface area contributed by atoms with E-state index in [0.717, 1.165) is 0 Å². The van der Waals surface area contributed by atoms with Crippen LogP contribution in [0.4, 0.5) is 15.9 Å². The van der Waals surface area contributed by atoms with Crippen LogP contribution in [0.2, 0.25) is 10.0 Å². The summed E-state index contributed by atoms with van der Waals surface area (Å²) in [6, 6.07) is 10.6. The number of aromatic nitrogens is 1. The number of ether oxygens (including phenoxy) is 1. The van der Waals surface area contributed by atoms with Crippen molar-refractivity contribution in [3.63, 3.8) is 0 Å². The van der Waals surface area contributed by atoms with Crippen LogP contribution in [0.25, 0.3) is 11.1 Å². The fourth-order valence-electron chi connectivity index (χ4n) is 3.73. The normalized spacial score (nSPS) is 13.5. The number of nitrogens with zero attached hydrogens (tertiary/aromatic N) is 3. The maximum absolute atomic E-state index is 14.4. The zero-order valence-corrected chi connectivity index (χ0v) is 19.9. The molecule has 2 amide bonds. The van der Waals surface area contributed by atoms with Gasteiger partial charge < -0.3 is 15.4 Å². The number of anilines is 2. The molecule has 0 aliphatic carbocycles. The van der Waals surface area contributed by atoms with Crippen LogP contribution in [0.15, 0.2) is 48.7 Å². The second kappa shape index (κ2) is 9.58. The summed E-state index contributed by atoms with van der Waals surface area (Å²) in [4.78, 5) is 32.6. The summed E-state index contributed by atoms with van der Waals surface area (Å²) < 4.78 is 19.8. The molecule has 4 rings (SSSR count). The zero-order chi connectivity index (χ0) is 24.6. The molecule has 0 bridgehead atoms. The smallest absolute Gasteiger partial charge is 0.263 e. The number of hydrogen-bond acceptors (Lipinski definition) is 5. The summed E-state index contributed by atoms with van der Waals surface area (Å²) in [5.41, 5.74) is 7.29. The third-order valence-electron chi connectivity index (χ3n) is 5.73. The van der Waals surface area contributed by atoms with Crippen LogP contribution in [0.3, 0.4) is 0 Å². The second-order valence-electron chi connectivity index (χ2n) is 7.85. The highest BCUT2D eigenvalue weighted by atomic mass is 35.5. The molecule has 10 heteroatoms. The molecule has 0 saturated carbocycles. The topological polar surface area (TPSA) is 88.8 Å². The Labute approximate surface area is 205 Å². The number of primary amides is 1. The van der Waals surface area contributed by atoms with E-state index >= 15 is 0 Å². The van der Waals surface area contributed by atoms with Gasteiger partial charge in [-0.05, 0) is 36.4 Å². The number of hydrogen-bond donors (Lipinski definition) is 1. The molecule has 7 nitrogen and oxygen atoms in total. The van der Waals surface area contributed by atoms with Crippen molar-refractivity contribution in [2.24, 2.45) is 5.73 Å². The quantitative estimate of drug-likeness (QED) is 0.539. The molecule has 0 atom stereocenters. The van der Waals surface area contributed by atoms with Crippen molar-refractivity contribution < 1.29 is 18.7 Å². The molecule has 0 unspecified atom stereocenters. The molecule has 1 aliphatic rings. The minimum Gasteiger partial charge on any atom is -0.378 e. The van der Waals surface area contributed by atoms with Crippen molar-refractivity contribution in [3.8, 4) is 11.1 Å². The number of pyridine rings is 1. The lowest BCUT2D eigenvalue weighted by atomic mass is 10.0. The van der Waals surface area contributed by atoms with Crippen LogP contribution in [0.5, 0.6) is 0 Å². The van der Waals surface area contributed by atoms with E-state index in [1.54, 1.807) is 25.3 Å². The summed E-state index contributed by atoms with van der Waals surface area (Å²) in [5.74, 6) is -1.63. The molecule has 1 fully saturated rings. The largest absolute Gasteiger partial charge is 0.378 e. The second-order valence-corrected chi connectivity index (χ2v) is 8.66. The Kier molecular flexibility index (Phi) is 6.74. The van der Waals surface area contributed by atoms with Crippen molar-refractivity contribution >= 4 is 46.5 Å². The van der Waals surface area contributed by atoms with E-state index in [1.807, 2.05) is 11.0 Å². The first-order chi connectivity index (χ1) is 16.2. The van der Waals surface area contributed by atoms with Crippen molar-refractivity contribution in [2.45, 2.75) is 6.10 Å². The minimum absolute atomic E-state index is 0.00784. The van der Waals surface area contributed by atoms with E-state index in [1.165, 1.54) is 36.3 Å². The molecule has 2 aromatic carbocycles. The Hall–Kier alpha value is -3.20. The lowest BCUT2D eigenvalue weighted by Crippen LogP contribution is -2.52. The number of halogens is 3. The molecular formula is C24H21Cl2FN4O3. The lowest BCUT2D eigenvalue weighted by Gasteiger charge is -2.41. The van der Waals surface area contributed by atoms with Gasteiger partial charge in [-0.1, -0.05) is 29.3 Å². The highest BCUT2D eigenvalue weighted by Crippen LogP contribution is 2.37. The van der Waals surface area contributed by atoms with E-state index in [4.69, 9.17) is 33.7 Å². The molecule has 2 heterocycles. The highest BCUT2D eigenvalue weighted by molar-refractivity contribution is 6.34. The standard InChI is InChI=1S/C24H21Cl2FN4O3/c1-30(24(33)21-18(26)4-3-5-19(21)27)23-20(31-11-15(12-31)34-2)9-14(10-29-23)16-8-13(22(28)32)6-7-17(16)25/h3-10,15H,11-12H2,1-2H3,(H2,28,32). The first-order valence-corrected chi connectivity index (χ1v) is 11.1. The van der Waals surface area contributed by atoms with Gasteiger partial charge in [0.05, 0.1) is 22.4 Å². The van der Waals surface area contributed by atoms with Gasteiger partial charge in [-0.2, -0.15) is 0 Å². The van der Waals surface area contributed by atoms with Gasteiger partial charge in [0, 0.05) is 55.2 Å². The Morgan fingerprint density at radius 2 is 1.91 bits per heavy atom. The monoisotopic (exact) mass is 502 g/mol.